The van der Waals surface area contributed by atoms with E-state index in [-0.39, 0.29) is 5.91 Å². The Hall–Kier alpha value is -1.29. The van der Waals surface area contributed by atoms with Crippen LogP contribution in [0, 0.1) is 6.92 Å². The first-order valence-electron chi connectivity index (χ1n) is 5.84. The molecule has 0 aromatic carbocycles. The quantitative estimate of drug-likeness (QED) is 0.772. The molecule has 3 heterocycles. The minimum absolute atomic E-state index is 0.0506. The van der Waals surface area contributed by atoms with E-state index < -0.39 is 0 Å². The predicted molar refractivity (Wildman–Crippen MR) is 59.3 cm³/mol. The number of fused-ring (bicyclic) bond motifs is 2. The highest BCUT2D eigenvalue weighted by Gasteiger charge is 2.37. The maximum Gasteiger partial charge on any atom is 0.290 e. The SMILES string of the molecule is Cc1ccoc1C(=O)N1CCC2CC1CN2. The minimum atomic E-state index is 0.0506. The third-order valence-corrected chi connectivity index (χ3v) is 3.68. The summed E-state index contributed by atoms with van der Waals surface area (Å²) in [6, 6.07) is 2.81. The highest BCUT2D eigenvalue weighted by Crippen LogP contribution is 2.25. The lowest BCUT2D eigenvalue weighted by Crippen LogP contribution is -2.44. The molecule has 3 rings (SSSR count). The number of nitrogens with one attached hydrogen (secondary N) is 1. The van der Waals surface area contributed by atoms with E-state index in [4.69, 9.17) is 4.42 Å². The summed E-state index contributed by atoms with van der Waals surface area (Å²) in [6.07, 6.45) is 3.73. The second-order valence-electron chi connectivity index (χ2n) is 4.71. The number of hydrogen-bond donors (Lipinski definition) is 1. The highest BCUT2D eigenvalue weighted by molar-refractivity contribution is 5.93. The molecule has 0 radical (unpaired) electrons. The predicted octanol–water partition coefficient (Wildman–Crippen LogP) is 1.16. The average molecular weight is 220 g/mol. The van der Waals surface area contributed by atoms with E-state index in [2.05, 4.69) is 5.32 Å². The lowest BCUT2D eigenvalue weighted by molar-refractivity contribution is 0.0624. The van der Waals surface area contributed by atoms with Gasteiger partial charge in [-0.2, -0.15) is 0 Å². The van der Waals surface area contributed by atoms with Crippen LogP contribution in [-0.2, 0) is 0 Å². The van der Waals surface area contributed by atoms with Crippen molar-refractivity contribution in [3.63, 3.8) is 0 Å². The van der Waals surface area contributed by atoms with Gasteiger partial charge in [0.25, 0.3) is 5.91 Å². The van der Waals surface area contributed by atoms with Crippen LogP contribution in [0.15, 0.2) is 16.7 Å². The Morgan fingerprint density at radius 3 is 3.25 bits per heavy atom. The van der Waals surface area contributed by atoms with Crippen molar-refractivity contribution in [2.24, 2.45) is 0 Å². The summed E-state index contributed by atoms with van der Waals surface area (Å²) in [5, 5.41) is 3.44. The van der Waals surface area contributed by atoms with Crippen LogP contribution in [0.1, 0.15) is 29.0 Å². The molecular weight excluding hydrogens is 204 g/mol. The van der Waals surface area contributed by atoms with E-state index in [0.717, 1.165) is 31.5 Å². The number of nitrogens with zero attached hydrogens (tertiary/aromatic N) is 1. The average Bonchev–Trinajstić information content (AvgIpc) is 2.86. The van der Waals surface area contributed by atoms with Gasteiger partial charge < -0.3 is 14.6 Å². The van der Waals surface area contributed by atoms with Crippen molar-refractivity contribution in [3.05, 3.63) is 23.7 Å². The normalized spacial score (nSPS) is 28.4. The Labute approximate surface area is 94.6 Å². The number of carbonyl (C=O) groups excluding carboxylic acids is 1. The van der Waals surface area contributed by atoms with E-state index in [1.807, 2.05) is 17.9 Å². The molecule has 0 aliphatic carbocycles. The molecule has 1 amide bonds. The van der Waals surface area contributed by atoms with Gasteiger partial charge in [0.1, 0.15) is 0 Å². The Morgan fingerprint density at radius 2 is 2.50 bits per heavy atom. The van der Waals surface area contributed by atoms with Gasteiger partial charge in [0.2, 0.25) is 0 Å². The fourth-order valence-corrected chi connectivity index (χ4v) is 2.72. The molecular formula is C12H16N2O2. The molecule has 1 aromatic rings. The molecule has 0 saturated carbocycles. The van der Waals surface area contributed by atoms with Crippen molar-refractivity contribution < 1.29 is 9.21 Å². The van der Waals surface area contributed by atoms with Gasteiger partial charge in [0.15, 0.2) is 5.76 Å². The summed E-state index contributed by atoms with van der Waals surface area (Å²) in [5.41, 5.74) is 0.929. The van der Waals surface area contributed by atoms with Crippen molar-refractivity contribution in [1.29, 1.82) is 0 Å². The van der Waals surface area contributed by atoms with Crippen molar-refractivity contribution in [2.75, 3.05) is 13.1 Å². The van der Waals surface area contributed by atoms with Crippen molar-refractivity contribution >= 4 is 5.91 Å². The van der Waals surface area contributed by atoms with Gasteiger partial charge in [-0.25, -0.2) is 0 Å². The molecule has 4 nitrogen and oxygen atoms in total. The van der Waals surface area contributed by atoms with Crippen LogP contribution in [0.25, 0.3) is 0 Å². The molecule has 2 fully saturated rings. The summed E-state index contributed by atoms with van der Waals surface area (Å²) in [6.45, 7) is 3.69. The maximum atomic E-state index is 12.3. The Kier molecular flexibility index (Phi) is 2.24. The van der Waals surface area contributed by atoms with Gasteiger partial charge in [-0.3, -0.25) is 4.79 Å². The molecule has 2 aliphatic heterocycles. The van der Waals surface area contributed by atoms with Crippen LogP contribution in [0.5, 0.6) is 0 Å². The first kappa shape index (κ1) is 9.90. The molecule has 2 bridgehead atoms. The van der Waals surface area contributed by atoms with Crippen LogP contribution in [0.2, 0.25) is 0 Å². The lowest BCUT2D eigenvalue weighted by Gasteiger charge is -2.31. The standard InChI is InChI=1S/C12H16N2O2/c1-8-3-5-16-11(8)12(15)14-4-2-9-6-10(14)7-13-9/h3,5,9-10,13H,2,4,6-7H2,1H3. The lowest BCUT2D eigenvalue weighted by atomic mass is 10.0. The van der Waals surface area contributed by atoms with Gasteiger partial charge in [-0.05, 0) is 25.8 Å². The topological polar surface area (TPSA) is 45.5 Å². The summed E-state index contributed by atoms with van der Waals surface area (Å²) >= 11 is 0. The minimum Gasteiger partial charge on any atom is -0.459 e. The third-order valence-electron chi connectivity index (χ3n) is 3.68. The third kappa shape index (κ3) is 1.45. The number of piperidine rings is 1. The molecule has 1 aromatic heterocycles. The van der Waals surface area contributed by atoms with Crippen LogP contribution in [0.3, 0.4) is 0 Å². The monoisotopic (exact) mass is 220 g/mol. The van der Waals surface area contributed by atoms with Crippen molar-refractivity contribution in [2.45, 2.75) is 31.8 Å². The van der Waals surface area contributed by atoms with Crippen LogP contribution < -0.4 is 5.32 Å². The number of likely N-dealkylation sites (tertiary alicyclic amines) is 1. The fourth-order valence-electron chi connectivity index (χ4n) is 2.72. The second-order valence-corrected chi connectivity index (χ2v) is 4.71. The molecule has 2 atom stereocenters. The molecule has 16 heavy (non-hydrogen) atoms. The van der Waals surface area contributed by atoms with E-state index in [9.17, 15) is 4.79 Å². The Morgan fingerprint density at radius 1 is 1.62 bits per heavy atom. The van der Waals surface area contributed by atoms with E-state index >= 15 is 0 Å². The molecule has 0 spiro atoms. The highest BCUT2D eigenvalue weighted by atomic mass is 16.3. The number of carbonyl (C=O) groups is 1. The largest absolute Gasteiger partial charge is 0.459 e. The molecule has 2 aliphatic rings. The van der Waals surface area contributed by atoms with E-state index in [1.54, 1.807) is 6.26 Å². The van der Waals surface area contributed by atoms with E-state index in [1.165, 1.54) is 0 Å². The number of aryl methyl sites for hydroxylation is 1. The van der Waals surface area contributed by atoms with Crippen molar-refractivity contribution in [3.8, 4) is 0 Å². The Bertz CT molecular complexity index is 413. The van der Waals surface area contributed by atoms with Gasteiger partial charge in [0, 0.05) is 30.7 Å². The fraction of sp³-hybridized carbons (Fsp3) is 0.583. The number of hydrogen-bond acceptors (Lipinski definition) is 3. The summed E-state index contributed by atoms with van der Waals surface area (Å²) < 4.78 is 5.27. The molecule has 2 unspecified atom stereocenters. The molecule has 86 valence electrons. The molecule has 1 N–H and O–H groups in total. The Balaban J connectivity index is 1.83. The second kappa shape index (κ2) is 3.63. The zero-order valence-corrected chi connectivity index (χ0v) is 9.40. The van der Waals surface area contributed by atoms with Crippen LogP contribution >= 0.6 is 0 Å². The smallest absolute Gasteiger partial charge is 0.290 e. The zero-order chi connectivity index (χ0) is 11.1. The van der Waals surface area contributed by atoms with Crippen LogP contribution in [-0.4, -0.2) is 36.0 Å². The first-order chi connectivity index (χ1) is 7.75. The van der Waals surface area contributed by atoms with Crippen molar-refractivity contribution in [1.82, 2.24) is 10.2 Å². The number of rotatable bonds is 1. The summed E-state index contributed by atoms with van der Waals surface area (Å²) in [5.74, 6) is 0.556. The summed E-state index contributed by atoms with van der Waals surface area (Å²) in [4.78, 5) is 14.2. The number of amides is 1. The summed E-state index contributed by atoms with van der Waals surface area (Å²) in [7, 11) is 0. The van der Waals surface area contributed by atoms with Gasteiger partial charge >= 0.3 is 0 Å². The molecule has 4 heteroatoms. The molecule has 2 saturated heterocycles. The first-order valence-corrected chi connectivity index (χ1v) is 5.84. The van der Waals surface area contributed by atoms with E-state index in [0.29, 0.717) is 17.8 Å². The zero-order valence-electron chi connectivity index (χ0n) is 9.40. The number of furan rings is 1. The maximum absolute atomic E-state index is 12.3. The van der Waals surface area contributed by atoms with Crippen LogP contribution in [0.4, 0.5) is 0 Å². The van der Waals surface area contributed by atoms with Gasteiger partial charge in [-0.15, -0.1) is 0 Å². The van der Waals surface area contributed by atoms with Gasteiger partial charge in [0.05, 0.1) is 6.26 Å². The van der Waals surface area contributed by atoms with Gasteiger partial charge in [-0.1, -0.05) is 0 Å².